The van der Waals surface area contributed by atoms with E-state index in [9.17, 15) is 19.1 Å². The Morgan fingerprint density at radius 2 is 1.68 bits per heavy atom. The van der Waals surface area contributed by atoms with Crippen molar-refractivity contribution in [1.82, 2.24) is 14.9 Å². The smallest absolute Gasteiger partial charge is 0.415 e. The van der Waals surface area contributed by atoms with Crippen molar-refractivity contribution in [2.75, 3.05) is 47.8 Å². The number of carbonyl (C=O) groups excluding carboxylic acids is 1. The number of likely N-dealkylation sites (tertiary alicyclic amines) is 1. The number of benzene rings is 2. The summed E-state index contributed by atoms with van der Waals surface area (Å²) >= 11 is 0. The highest BCUT2D eigenvalue weighted by Gasteiger charge is 2.24. The van der Waals surface area contributed by atoms with Gasteiger partial charge < -0.3 is 29.9 Å². The average Bonchev–Trinajstić information content (AvgIpc) is 3.52. The first-order valence-corrected chi connectivity index (χ1v) is 14.0. The molecule has 0 radical (unpaired) electrons. The molecule has 41 heavy (non-hydrogen) atoms. The maximum absolute atomic E-state index is 13.6. The summed E-state index contributed by atoms with van der Waals surface area (Å²) in [5.74, 6) is -0.154. The molecule has 11 heteroatoms. The van der Waals surface area contributed by atoms with Crippen molar-refractivity contribution in [3.8, 4) is 5.75 Å². The quantitative estimate of drug-likeness (QED) is 0.302. The van der Waals surface area contributed by atoms with Crippen LogP contribution in [0, 0.1) is 5.82 Å². The van der Waals surface area contributed by atoms with E-state index in [0.29, 0.717) is 55.9 Å². The van der Waals surface area contributed by atoms with Gasteiger partial charge >= 0.3 is 12.1 Å². The lowest BCUT2D eigenvalue weighted by Gasteiger charge is -2.28. The zero-order chi connectivity index (χ0) is 29.4. The van der Waals surface area contributed by atoms with Gasteiger partial charge in [0, 0.05) is 44.8 Å². The van der Waals surface area contributed by atoms with Crippen molar-refractivity contribution in [1.29, 1.82) is 0 Å². The first kappa shape index (κ1) is 29.6. The Bertz CT molecular complexity index is 1310. The molecule has 0 bridgehead atoms. The van der Waals surface area contributed by atoms with Gasteiger partial charge in [-0.1, -0.05) is 12.1 Å². The number of ether oxygens (including phenoxy) is 1. The van der Waals surface area contributed by atoms with Gasteiger partial charge in [0.05, 0.1) is 6.20 Å². The summed E-state index contributed by atoms with van der Waals surface area (Å²) < 4.78 is 19.1. The summed E-state index contributed by atoms with van der Waals surface area (Å²) in [5.41, 5.74) is 2.05. The minimum Gasteiger partial charge on any atom is -0.480 e. The number of rotatable bonds is 12. The number of hydrogen-bond donors (Lipinski definition) is 2. The number of anilines is 4. The summed E-state index contributed by atoms with van der Waals surface area (Å²) in [6.07, 6.45) is 3.40. The highest BCUT2D eigenvalue weighted by atomic mass is 19.1. The second kappa shape index (κ2) is 13.8. The Kier molecular flexibility index (Phi) is 9.94. The van der Waals surface area contributed by atoms with E-state index in [1.54, 1.807) is 47.5 Å². The molecule has 0 unspecified atom stereocenters. The van der Waals surface area contributed by atoms with Gasteiger partial charge in [0.25, 0.3) is 0 Å². The molecule has 218 valence electrons. The fourth-order valence-electron chi connectivity index (χ4n) is 4.80. The Morgan fingerprint density at radius 3 is 2.27 bits per heavy atom. The number of aliphatic carboxylic acids is 1. The van der Waals surface area contributed by atoms with Crippen LogP contribution < -0.4 is 19.9 Å². The van der Waals surface area contributed by atoms with E-state index in [0.717, 1.165) is 24.1 Å². The molecule has 2 heterocycles. The molecule has 1 aromatic heterocycles. The third-order valence-electron chi connectivity index (χ3n) is 7.09. The second-order valence-electron chi connectivity index (χ2n) is 9.74. The molecule has 2 aromatic carbocycles. The Labute approximate surface area is 239 Å². The molecule has 1 saturated heterocycles. The number of carboxylic acid groups (broad SMARTS) is 1. The van der Waals surface area contributed by atoms with Gasteiger partial charge in [-0.15, -0.1) is 0 Å². The molecule has 2 N–H and O–H groups in total. The third kappa shape index (κ3) is 7.41. The summed E-state index contributed by atoms with van der Waals surface area (Å²) in [5, 5.41) is 13.3. The predicted octanol–water partition coefficient (Wildman–Crippen LogP) is 5.32. The van der Waals surface area contributed by atoms with Gasteiger partial charge in [-0.2, -0.15) is 4.98 Å². The van der Waals surface area contributed by atoms with Gasteiger partial charge in [-0.05, 0) is 75.6 Å². The number of hydrogen-bond acceptors (Lipinski definition) is 8. The number of carbonyl (C=O) groups is 2. The first-order chi connectivity index (χ1) is 19.8. The van der Waals surface area contributed by atoms with Gasteiger partial charge in [-0.3, -0.25) is 0 Å². The third-order valence-corrected chi connectivity index (χ3v) is 7.09. The van der Waals surface area contributed by atoms with E-state index >= 15 is 0 Å². The maximum Gasteiger partial charge on any atom is 0.415 e. The molecule has 0 aliphatic carbocycles. The number of amides is 1. The van der Waals surface area contributed by atoms with Gasteiger partial charge in [-0.25, -0.2) is 19.0 Å². The number of aromatic nitrogens is 2. The molecule has 1 amide bonds. The lowest BCUT2D eigenvalue weighted by molar-refractivity contribution is -0.137. The standard InChI is InChI=1S/C30H37FN6O4/c1-4-35(5-2)29-32-20-26(37(6-3)23-13-11-22(31)12-14-23)27(34-29)33-25(28(38)39)19-21-9-15-24(16-10-21)41-30(40)36-17-7-8-18-36/h9-16,20,25H,4-8,17-19H2,1-3H3,(H,38,39)(H,32,33,34)/t25-/m0/s1. The molecular formula is C30H37FN6O4. The molecule has 0 spiro atoms. The van der Waals surface area contributed by atoms with E-state index in [1.165, 1.54) is 12.1 Å². The number of nitrogens with one attached hydrogen (secondary N) is 1. The summed E-state index contributed by atoms with van der Waals surface area (Å²) in [7, 11) is 0. The van der Waals surface area contributed by atoms with E-state index < -0.39 is 12.0 Å². The fraction of sp³-hybridized carbons (Fsp3) is 0.400. The average molecular weight is 565 g/mol. The van der Waals surface area contributed by atoms with Crippen LogP contribution in [0.25, 0.3) is 0 Å². The molecule has 1 aliphatic heterocycles. The van der Waals surface area contributed by atoms with Crippen molar-refractivity contribution in [3.05, 3.63) is 66.1 Å². The van der Waals surface area contributed by atoms with Crippen LogP contribution in [-0.4, -0.2) is 70.8 Å². The number of halogens is 1. The SMILES string of the molecule is CCN(CC)c1ncc(N(CC)c2ccc(F)cc2)c(N[C@@H](Cc2ccc(OC(=O)N3CCCC3)cc2)C(=O)O)n1. The minimum absolute atomic E-state index is 0.155. The largest absolute Gasteiger partial charge is 0.480 e. The summed E-state index contributed by atoms with van der Waals surface area (Å²) in [6.45, 7) is 9.21. The van der Waals surface area contributed by atoms with Crippen molar-refractivity contribution in [2.24, 2.45) is 0 Å². The Balaban J connectivity index is 1.58. The minimum atomic E-state index is -1.05. The zero-order valence-electron chi connectivity index (χ0n) is 23.7. The van der Waals surface area contributed by atoms with Crippen LogP contribution in [-0.2, 0) is 11.2 Å². The van der Waals surface area contributed by atoms with Crippen molar-refractivity contribution in [3.63, 3.8) is 0 Å². The number of carboxylic acids is 1. The highest BCUT2D eigenvalue weighted by molar-refractivity contribution is 5.81. The van der Waals surface area contributed by atoms with E-state index in [-0.39, 0.29) is 18.3 Å². The predicted molar refractivity (Wildman–Crippen MR) is 157 cm³/mol. The molecule has 1 atom stereocenters. The molecule has 10 nitrogen and oxygen atoms in total. The monoisotopic (exact) mass is 564 g/mol. The van der Waals surface area contributed by atoms with Crippen LogP contribution in [0.4, 0.5) is 32.3 Å². The maximum atomic E-state index is 13.6. The molecule has 4 rings (SSSR count). The van der Waals surface area contributed by atoms with Crippen LogP contribution >= 0.6 is 0 Å². The molecular weight excluding hydrogens is 527 g/mol. The first-order valence-electron chi connectivity index (χ1n) is 14.0. The number of nitrogens with zero attached hydrogens (tertiary/aromatic N) is 5. The Morgan fingerprint density at radius 1 is 1.02 bits per heavy atom. The fourth-order valence-corrected chi connectivity index (χ4v) is 4.80. The molecule has 0 saturated carbocycles. The second-order valence-corrected chi connectivity index (χ2v) is 9.74. The van der Waals surface area contributed by atoms with Crippen molar-refractivity contribution < 1.29 is 23.8 Å². The van der Waals surface area contributed by atoms with Crippen molar-refractivity contribution >= 4 is 35.2 Å². The van der Waals surface area contributed by atoms with E-state index in [1.807, 2.05) is 30.6 Å². The normalized spacial score (nSPS) is 13.5. The topological polar surface area (TPSA) is 111 Å². The summed E-state index contributed by atoms with van der Waals surface area (Å²) in [6, 6.07) is 11.9. The Hall–Kier alpha value is -4.41. The highest BCUT2D eigenvalue weighted by Crippen LogP contribution is 2.32. The lowest BCUT2D eigenvalue weighted by atomic mass is 10.1. The van der Waals surface area contributed by atoms with E-state index in [2.05, 4.69) is 10.3 Å². The van der Waals surface area contributed by atoms with Crippen LogP contribution in [0.1, 0.15) is 39.2 Å². The van der Waals surface area contributed by atoms with E-state index in [4.69, 9.17) is 9.72 Å². The van der Waals surface area contributed by atoms with Crippen LogP contribution in [0.15, 0.2) is 54.7 Å². The zero-order valence-corrected chi connectivity index (χ0v) is 23.7. The van der Waals surface area contributed by atoms with Crippen molar-refractivity contribution in [2.45, 2.75) is 46.1 Å². The molecule has 3 aromatic rings. The summed E-state index contributed by atoms with van der Waals surface area (Å²) in [4.78, 5) is 39.6. The lowest BCUT2D eigenvalue weighted by Crippen LogP contribution is -2.33. The van der Waals surface area contributed by atoms with Crippen LogP contribution in [0.5, 0.6) is 5.75 Å². The van der Waals surface area contributed by atoms with Crippen LogP contribution in [0.3, 0.4) is 0 Å². The molecule has 1 aliphatic rings. The van der Waals surface area contributed by atoms with Crippen LogP contribution in [0.2, 0.25) is 0 Å². The van der Waals surface area contributed by atoms with Gasteiger partial charge in [0.2, 0.25) is 5.95 Å². The van der Waals surface area contributed by atoms with Gasteiger partial charge in [0.1, 0.15) is 23.3 Å². The molecule has 1 fully saturated rings. The van der Waals surface area contributed by atoms with Gasteiger partial charge in [0.15, 0.2) is 5.82 Å².